The summed E-state index contributed by atoms with van der Waals surface area (Å²) in [6, 6.07) is 5.49. The second-order valence-corrected chi connectivity index (χ2v) is 3.92. The molecule has 0 radical (unpaired) electrons. The first-order valence-electron chi connectivity index (χ1n) is 5.31. The maximum atomic E-state index is 11.2. The first kappa shape index (κ1) is 12.7. The van der Waals surface area contributed by atoms with E-state index in [4.69, 9.17) is 9.47 Å². The van der Waals surface area contributed by atoms with Gasteiger partial charge in [-0.1, -0.05) is 0 Å². The Labute approximate surface area is 96.4 Å². The summed E-state index contributed by atoms with van der Waals surface area (Å²) < 4.78 is 10.6. The van der Waals surface area contributed by atoms with E-state index in [2.05, 4.69) is 0 Å². The molecule has 0 N–H and O–H groups in total. The van der Waals surface area contributed by atoms with Gasteiger partial charge in [-0.3, -0.25) is 4.79 Å². The zero-order chi connectivity index (χ0) is 12.1. The highest BCUT2D eigenvalue weighted by molar-refractivity contribution is 5.95. The van der Waals surface area contributed by atoms with Gasteiger partial charge in [-0.2, -0.15) is 0 Å². The van der Waals surface area contributed by atoms with Gasteiger partial charge in [0.2, 0.25) is 0 Å². The number of carbonyl (C=O) groups excluding carboxylic acids is 1. The van der Waals surface area contributed by atoms with Crippen LogP contribution in [0.4, 0.5) is 0 Å². The number of hydrogen-bond donors (Lipinski definition) is 0. The summed E-state index contributed by atoms with van der Waals surface area (Å²) in [7, 11) is 1.64. The molecular weight excluding hydrogens is 204 g/mol. The van der Waals surface area contributed by atoms with E-state index in [1.165, 1.54) is 0 Å². The SMILES string of the molecule is COCC(C)Oc1ccc(C(C)=O)c(C)c1. The fourth-order valence-electron chi connectivity index (χ4n) is 1.61. The van der Waals surface area contributed by atoms with Crippen LogP contribution in [-0.4, -0.2) is 25.6 Å². The Bertz CT molecular complexity index is 371. The van der Waals surface area contributed by atoms with Crippen molar-refractivity contribution in [2.75, 3.05) is 13.7 Å². The number of ether oxygens (including phenoxy) is 2. The molecule has 1 atom stereocenters. The summed E-state index contributed by atoms with van der Waals surface area (Å²) in [5.74, 6) is 0.848. The predicted octanol–water partition coefficient (Wildman–Crippen LogP) is 2.61. The molecule has 3 nitrogen and oxygen atoms in total. The summed E-state index contributed by atoms with van der Waals surface area (Å²) in [6.07, 6.45) is 0.00702. The molecule has 0 aromatic heterocycles. The normalized spacial score (nSPS) is 12.2. The van der Waals surface area contributed by atoms with Gasteiger partial charge in [0.15, 0.2) is 5.78 Å². The van der Waals surface area contributed by atoms with Crippen molar-refractivity contribution in [2.24, 2.45) is 0 Å². The molecule has 88 valence electrons. The van der Waals surface area contributed by atoms with E-state index in [1.807, 2.05) is 26.0 Å². The Morgan fingerprint density at radius 3 is 2.62 bits per heavy atom. The average molecular weight is 222 g/mol. The molecule has 1 unspecified atom stereocenters. The van der Waals surface area contributed by atoms with Crippen LogP contribution in [0.2, 0.25) is 0 Å². The number of benzene rings is 1. The average Bonchev–Trinajstić information content (AvgIpc) is 2.17. The lowest BCUT2D eigenvalue weighted by Crippen LogP contribution is -2.18. The molecule has 16 heavy (non-hydrogen) atoms. The Balaban J connectivity index is 2.77. The van der Waals surface area contributed by atoms with E-state index >= 15 is 0 Å². The molecule has 0 amide bonds. The topological polar surface area (TPSA) is 35.5 Å². The lowest BCUT2D eigenvalue weighted by atomic mass is 10.1. The number of carbonyl (C=O) groups is 1. The van der Waals surface area contributed by atoms with Gasteiger partial charge in [0.05, 0.1) is 6.61 Å². The number of rotatable bonds is 5. The van der Waals surface area contributed by atoms with E-state index in [9.17, 15) is 4.79 Å². The van der Waals surface area contributed by atoms with Crippen LogP contribution in [0.1, 0.15) is 29.8 Å². The van der Waals surface area contributed by atoms with Crippen molar-refractivity contribution in [2.45, 2.75) is 26.9 Å². The standard InChI is InChI=1S/C13H18O3/c1-9-7-12(16-10(2)8-15-4)5-6-13(9)11(3)14/h5-7,10H,8H2,1-4H3. The second-order valence-electron chi connectivity index (χ2n) is 3.92. The maximum absolute atomic E-state index is 11.2. The zero-order valence-electron chi connectivity index (χ0n) is 10.2. The minimum absolute atomic E-state index is 0.00702. The van der Waals surface area contributed by atoms with Gasteiger partial charge in [-0.15, -0.1) is 0 Å². The van der Waals surface area contributed by atoms with Gasteiger partial charge in [-0.25, -0.2) is 0 Å². The van der Waals surface area contributed by atoms with Gasteiger partial charge < -0.3 is 9.47 Å². The highest BCUT2D eigenvalue weighted by Gasteiger charge is 2.07. The molecular formula is C13H18O3. The van der Waals surface area contributed by atoms with E-state index in [0.717, 1.165) is 16.9 Å². The summed E-state index contributed by atoms with van der Waals surface area (Å²) in [5, 5.41) is 0. The largest absolute Gasteiger partial charge is 0.488 e. The fraction of sp³-hybridized carbons (Fsp3) is 0.462. The minimum Gasteiger partial charge on any atom is -0.488 e. The van der Waals surface area contributed by atoms with Crippen molar-refractivity contribution in [1.82, 2.24) is 0 Å². The molecule has 0 aliphatic carbocycles. The number of methoxy groups -OCH3 is 1. The summed E-state index contributed by atoms with van der Waals surface area (Å²) in [6.45, 7) is 5.96. The second kappa shape index (κ2) is 5.66. The van der Waals surface area contributed by atoms with E-state index in [1.54, 1.807) is 20.1 Å². The third-order valence-electron chi connectivity index (χ3n) is 2.32. The van der Waals surface area contributed by atoms with Crippen LogP contribution in [0, 0.1) is 6.92 Å². The first-order chi connectivity index (χ1) is 7.54. The lowest BCUT2D eigenvalue weighted by Gasteiger charge is -2.14. The molecule has 0 saturated carbocycles. The van der Waals surface area contributed by atoms with Crippen molar-refractivity contribution in [3.8, 4) is 5.75 Å². The third kappa shape index (κ3) is 3.35. The van der Waals surface area contributed by atoms with Crippen molar-refractivity contribution in [3.05, 3.63) is 29.3 Å². The highest BCUT2D eigenvalue weighted by Crippen LogP contribution is 2.18. The molecule has 0 bridgehead atoms. The third-order valence-corrected chi connectivity index (χ3v) is 2.32. The molecule has 0 aliphatic rings. The predicted molar refractivity (Wildman–Crippen MR) is 63.1 cm³/mol. The van der Waals surface area contributed by atoms with Crippen LogP contribution in [0.15, 0.2) is 18.2 Å². The molecule has 3 heteroatoms. The first-order valence-corrected chi connectivity index (χ1v) is 5.31. The molecule has 1 rings (SSSR count). The van der Waals surface area contributed by atoms with Gasteiger partial charge in [0, 0.05) is 12.7 Å². The lowest BCUT2D eigenvalue weighted by molar-refractivity contribution is 0.0920. The van der Waals surface area contributed by atoms with Crippen molar-refractivity contribution >= 4 is 5.78 Å². The number of Topliss-reactive ketones (excluding diaryl/α,β-unsaturated/α-hetero) is 1. The zero-order valence-corrected chi connectivity index (χ0v) is 10.2. The maximum Gasteiger partial charge on any atom is 0.160 e. The Morgan fingerprint density at radius 1 is 1.44 bits per heavy atom. The minimum atomic E-state index is 0.00702. The molecule has 0 fully saturated rings. The Hall–Kier alpha value is -1.35. The summed E-state index contributed by atoms with van der Waals surface area (Å²) >= 11 is 0. The monoisotopic (exact) mass is 222 g/mol. The van der Waals surface area contributed by atoms with Gasteiger partial charge >= 0.3 is 0 Å². The van der Waals surface area contributed by atoms with E-state index in [0.29, 0.717) is 6.61 Å². The molecule has 0 heterocycles. The smallest absolute Gasteiger partial charge is 0.160 e. The molecule has 0 spiro atoms. The van der Waals surface area contributed by atoms with E-state index in [-0.39, 0.29) is 11.9 Å². The van der Waals surface area contributed by atoms with Gasteiger partial charge in [-0.05, 0) is 44.5 Å². The van der Waals surface area contributed by atoms with E-state index < -0.39 is 0 Å². The molecule has 0 saturated heterocycles. The van der Waals surface area contributed by atoms with Crippen molar-refractivity contribution in [3.63, 3.8) is 0 Å². The Kier molecular flexibility index (Phi) is 4.50. The van der Waals surface area contributed by atoms with Crippen LogP contribution in [-0.2, 0) is 4.74 Å². The van der Waals surface area contributed by atoms with Crippen LogP contribution in [0.25, 0.3) is 0 Å². The fourth-order valence-corrected chi connectivity index (χ4v) is 1.61. The van der Waals surface area contributed by atoms with Crippen molar-refractivity contribution < 1.29 is 14.3 Å². The van der Waals surface area contributed by atoms with Gasteiger partial charge in [0.25, 0.3) is 0 Å². The summed E-state index contributed by atoms with van der Waals surface area (Å²) in [4.78, 5) is 11.2. The number of aryl methyl sites for hydroxylation is 1. The highest BCUT2D eigenvalue weighted by atomic mass is 16.5. The Morgan fingerprint density at radius 2 is 2.12 bits per heavy atom. The van der Waals surface area contributed by atoms with Crippen LogP contribution in [0.3, 0.4) is 0 Å². The van der Waals surface area contributed by atoms with Crippen LogP contribution >= 0.6 is 0 Å². The summed E-state index contributed by atoms with van der Waals surface area (Å²) in [5.41, 5.74) is 1.68. The van der Waals surface area contributed by atoms with Crippen molar-refractivity contribution in [1.29, 1.82) is 0 Å². The molecule has 1 aromatic carbocycles. The molecule has 1 aromatic rings. The van der Waals surface area contributed by atoms with Crippen LogP contribution in [0.5, 0.6) is 5.75 Å². The number of hydrogen-bond acceptors (Lipinski definition) is 3. The van der Waals surface area contributed by atoms with Crippen LogP contribution < -0.4 is 4.74 Å². The molecule has 0 aliphatic heterocycles. The number of ketones is 1. The van der Waals surface area contributed by atoms with Gasteiger partial charge in [0.1, 0.15) is 11.9 Å². The quantitative estimate of drug-likeness (QED) is 0.718.